The van der Waals surface area contributed by atoms with Gasteiger partial charge < -0.3 is 19.1 Å². The molecule has 1 heterocycles. The molecule has 20 heavy (non-hydrogen) atoms. The number of aromatic nitrogens is 2. The van der Waals surface area contributed by atoms with Crippen LogP contribution in [0.4, 0.5) is 0 Å². The van der Waals surface area contributed by atoms with Gasteiger partial charge >= 0.3 is 5.97 Å². The Hall–Kier alpha value is -2.28. The molecule has 0 unspecified atom stereocenters. The average Bonchev–Trinajstić information content (AvgIpc) is 2.82. The maximum Gasteiger partial charge on any atom is 0.335 e. The first-order valence-corrected chi connectivity index (χ1v) is 5.92. The summed E-state index contributed by atoms with van der Waals surface area (Å²) in [6.45, 7) is 1.69. The molecule has 1 N–H and O–H groups in total. The van der Waals surface area contributed by atoms with Gasteiger partial charge in [0.2, 0.25) is 0 Å². The number of aromatic carboxylic acids is 1. The molecule has 0 radical (unpaired) electrons. The number of hydrogen-bond acceptors (Lipinski definition) is 6. The first kappa shape index (κ1) is 14.1. The van der Waals surface area contributed by atoms with Crippen LogP contribution in [0, 0.1) is 6.92 Å². The molecular weight excluding hydrogens is 288 g/mol. The first-order chi connectivity index (χ1) is 9.51. The highest BCUT2D eigenvalue weighted by molar-refractivity contribution is 6.32. The van der Waals surface area contributed by atoms with E-state index < -0.39 is 5.97 Å². The SMILES string of the molecule is COc1cc(C(=O)O)cc(Cl)c1OCc1nc(C)no1. The number of ether oxygens (including phenoxy) is 2. The Morgan fingerprint density at radius 1 is 1.50 bits per heavy atom. The fourth-order valence-electron chi connectivity index (χ4n) is 1.52. The lowest BCUT2D eigenvalue weighted by atomic mass is 10.2. The third-order valence-electron chi connectivity index (χ3n) is 2.39. The van der Waals surface area contributed by atoms with Gasteiger partial charge in [-0.3, -0.25) is 0 Å². The predicted octanol–water partition coefficient (Wildman–Crippen LogP) is 2.32. The number of nitrogens with zero attached hydrogens (tertiary/aromatic N) is 2. The molecule has 0 bridgehead atoms. The Morgan fingerprint density at radius 3 is 2.80 bits per heavy atom. The van der Waals surface area contributed by atoms with Crippen molar-refractivity contribution in [1.82, 2.24) is 10.1 Å². The van der Waals surface area contributed by atoms with Crippen LogP contribution in [0.1, 0.15) is 22.1 Å². The topological polar surface area (TPSA) is 94.7 Å². The molecule has 0 spiro atoms. The Kier molecular flexibility index (Phi) is 4.09. The lowest BCUT2D eigenvalue weighted by molar-refractivity contribution is 0.0696. The zero-order chi connectivity index (χ0) is 14.7. The highest BCUT2D eigenvalue weighted by atomic mass is 35.5. The zero-order valence-corrected chi connectivity index (χ0v) is 11.5. The van der Waals surface area contributed by atoms with E-state index in [1.807, 2.05) is 0 Å². The predicted molar refractivity (Wildman–Crippen MR) is 68.3 cm³/mol. The lowest BCUT2D eigenvalue weighted by Crippen LogP contribution is -2.02. The highest BCUT2D eigenvalue weighted by Crippen LogP contribution is 2.36. The maximum atomic E-state index is 10.9. The van der Waals surface area contributed by atoms with Crippen LogP contribution in [0.5, 0.6) is 11.5 Å². The van der Waals surface area contributed by atoms with Gasteiger partial charge in [-0.15, -0.1) is 0 Å². The van der Waals surface area contributed by atoms with Crippen molar-refractivity contribution in [2.24, 2.45) is 0 Å². The third kappa shape index (κ3) is 3.00. The number of rotatable bonds is 5. The normalized spacial score (nSPS) is 10.3. The third-order valence-corrected chi connectivity index (χ3v) is 2.67. The van der Waals surface area contributed by atoms with E-state index >= 15 is 0 Å². The monoisotopic (exact) mass is 298 g/mol. The van der Waals surface area contributed by atoms with Crippen LogP contribution in [0.15, 0.2) is 16.7 Å². The van der Waals surface area contributed by atoms with Crippen LogP contribution < -0.4 is 9.47 Å². The number of carboxylic acid groups (broad SMARTS) is 1. The number of benzene rings is 1. The Labute approximate surface area is 119 Å². The molecule has 0 saturated heterocycles. The van der Waals surface area contributed by atoms with Crippen LogP contribution in [0.3, 0.4) is 0 Å². The van der Waals surface area contributed by atoms with E-state index in [1.54, 1.807) is 6.92 Å². The molecule has 0 aliphatic heterocycles. The fraction of sp³-hybridized carbons (Fsp3) is 0.250. The van der Waals surface area contributed by atoms with Gasteiger partial charge in [0.25, 0.3) is 5.89 Å². The van der Waals surface area contributed by atoms with Crippen LogP contribution in [-0.4, -0.2) is 28.3 Å². The van der Waals surface area contributed by atoms with Gasteiger partial charge in [-0.1, -0.05) is 16.8 Å². The van der Waals surface area contributed by atoms with E-state index in [1.165, 1.54) is 19.2 Å². The molecule has 0 saturated carbocycles. The summed E-state index contributed by atoms with van der Waals surface area (Å²) < 4.78 is 15.4. The van der Waals surface area contributed by atoms with E-state index in [0.29, 0.717) is 5.82 Å². The minimum absolute atomic E-state index is 0.00331. The summed E-state index contributed by atoms with van der Waals surface area (Å²) in [5.41, 5.74) is 0.00725. The number of carbonyl (C=O) groups is 1. The summed E-state index contributed by atoms with van der Waals surface area (Å²) in [7, 11) is 1.39. The smallest absolute Gasteiger partial charge is 0.335 e. The number of carboxylic acids is 1. The summed E-state index contributed by atoms with van der Waals surface area (Å²) >= 11 is 5.99. The van der Waals surface area contributed by atoms with E-state index in [9.17, 15) is 4.79 Å². The van der Waals surface area contributed by atoms with Crippen LogP contribution in [0.25, 0.3) is 0 Å². The van der Waals surface area contributed by atoms with Crippen LogP contribution in [-0.2, 0) is 6.61 Å². The van der Waals surface area contributed by atoms with E-state index in [2.05, 4.69) is 10.1 Å². The second-order valence-electron chi connectivity index (χ2n) is 3.82. The molecular formula is C12H11ClN2O5. The first-order valence-electron chi connectivity index (χ1n) is 5.54. The van der Waals surface area contributed by atoms with Gasteiger partial charge in [0, 0.05) is 0 Å². The lowest BCUT2D eigenvalue weighted by Gasteiger charge is -2.11. The number of aryl methyl sites for hydroxylation is 1. The molecule has 0 aliphatic carbocycles. The summed E-state index contributed by atoms with van der Waals surface area (Å²) in [5, 5.41) is 12.7. The molecule has 0 atom stereocenters. The summed E-state index contributed by atoms with van der Waals surface area (Å²) in [6.07, 6.45) is 0. The minimum atomic E-state index is -1.11. The van der Waals surface area contributed by atoms with Gasteiger partial charge in [-0.05, 0) is 19.1 Å². The van der Waals surface area contributed by atoms with E-state index in [-0.39, 0.29) is 34.6 Å². The van der Waals surface area contributed by atoms with Crippen LogP contribution in [0.2, 0.25) is 5.02 Å². The van der Waals surface area contributed by atoms with Gasteiger partial charge in [0.15, 0.2) is 23.9 Å². The summed E-state index contributed by atoms with van der Waals surface area (Å²) in [6, 6.07) is 2.60. The minimum Gasteiger partial charge on any atom is -0.493 e. The average molecular weight is 299 g/mol. The largest absolute Gasteiger partial charge is 0.493 e. The van der Waals surface area contributed by atoms with Crippen molar-refractivity contribution in [2.75, 3.05) is 7.11 Å². The molecule has 1 aromatic carbocycles. The summed E-state index contributed by atoms with van der Waals surface area (Å²) in [4.78, 5) is 14.9. The summed E-state index contributed by atoms with van der Waals surface area (Å²) in [5.74, 6) is 0.0938. The zero-order valence-electron chi connectivity index (χ0n) is 10.7. The van der Waals surface area contributed by atoms with Gasteiger partial charge in [0.05, 0.1) is 17.7 Å². The standard InChI is InChI=1S/C12H11ClN2O5/c1-6-14-10(20-15-6)5-19-11-8(13)3-7(12(16)17)4-9(11)18-2/h3-4H,5H2,1-2H3,(H,16,17). The molecule has 8 heteroatoms. The molecule has 2 aromatic rings. The van der Waals surface area contributed by atoms with Crippen molar-refractivity contribution in [1.29, 1.82) is 0 Å². The quantitative estimate of drug-likeness (QED) is 0.905. The number of methoxy groups -OCH3 is 1. The Bertz CT molecular complexity index is 641. The van der Waals surface area contributed by atoms with Gasteiger partial charge in [-0.25, -0.2) is 4.79 Å². The fourth-order valence-corrected chi connectivity index (χ4v) is 1.78. The van der Waals surface area contributed by atoms with Gasteiger partial charge in [0.1, 0.15) is 0 Å². The molecule has 0 fully saturated rings. The maximum absolute atomic E-state index is 10.9. The molecule has 0 amide bonds. The molecule has 1 aromatic heterocycles. The molecule has 7 nitrogen and oxygen atoms in total. The number of hydrogen-bond donors (Lipinski definition) is 1. The Balaban J connectivity index is 2.24. The highest BCUT2D eigenvalue weighted by Gasteiger charge is 2.16. The number of halogens is 1. The van der Waals surface area contributed by atoms with Crippen molar-refractivity contribution in [3.05, 3.63) is 34.4 Å². The second-order valence-corrected chi connectivity index (χ2v) is 4.23. The molecule has 0 aliphatic rings. The second kappa shape index (κ2) is 5.79. The molecule has 2 rings (SSSR count). The van der Waals surface area contributed by atoms with Gasteiger partial charge in [-0.2, -0.15) is 4.98 Å². The van der Waals surface area contributed by atoms with Crippen molar-refractivity contribution in [3.63, 3.8) is 0 Å². The van der Waals surface area contributed by atoms with Crippen molar-refractivity contribution >= 4 is 17.6 Å². The van der Waals surface area contributed by atoms with Crippen LogP contribution >= 0.6 is 11.6 Å². The van der Waals surface area contributed by atoms with E-state index in [4.69, 9.17) is 30.7 Å². The van der Waals surface area contributed by atoms with Crippen molar-refractivity contribution in [2.45, 2.75) is 13.5 Å². The Morgan fingerprint density at radius 2 is 2.25 bits per heavy atom. The van der Waals surface area contributed by atoms with Crippen molar-refractivity contribution < 1.29 is 23.9 Å². The molecule has 106 valence electrons. The van der Waals surface area contributed by atoms with E-state index in [0.717, 1.165) is 0 Å². The van der Waals surface area contributed by atoms with Crippen molar-refractivity contribution in [3.8, 4) is 11.5 Å².